The Kier molecular flexibility index (Phi) is 13.0. The number of esters is 1. The number of benzene rings is 1. The Balaban J connectivity index is 1.26. The molecule has 2 aliphatic carbocycles. The van der Waals surface area contributed by atoms with E-state index in [2.05, 4.69) is 10.6 Å². The number of nitrogens with zero attached hydrogens (tertiary/aromatic N) is 1. The number of ether oxygens (including phenoxy) is 3. The lowest BCUT2D eigenvalue weighted by Gasteiger charge is -2.37. The standard InChI is InChI=1S/C38H53F2N3O8/c1-38(2,3)51-37(47)42-31(33(39)40)24-11-13-25(14-12-24)35(45)43-18-17-28(23-9-6-5-7-10-23)32(43)34(44)41-27-15-16-29-26(21-27)22-30(50-29)36(46)49-20-8-19-48-4/h15-16,21-25,28,31-33H,5-14,17-20H2,1-4H3,(H,41,44)(H,42,47)/t24?,25?,28-,31-,32+/m0/s1. The van der Waals surface area contributed by atoms with Gasteiger partial charge in [-0.3, -0.25) is 9.59 Å². The van der Waals surface area contributed by atoms with Crippen molar-refractivity contribution in [3.63, 3.8) is 0 Å². The molecule has 51 heavy (non-hydrogen) atoms. The average Bonchev–Trinajstić information content (AvgIpc) is 3.73. The molecule has 2 aromatic rings. The van der Waals surface area contributed by atoms with Gasteiger partial charge in [0.2, 0.25) is 17.6 Å². The minimum absolute atomic E-state index is 0.0176. The predicted molar refractivity (Wildman–Crippen MR) is 186 cm³/mol. The van der Waals surface area contributed by atoms with Gasteiger partial charge in [0.25, 0.3) is 6.43 Å². The number of amides is 3. The molecule has 0 radical (unpaired) electrons. The van der Waals surface area contributed by atoms with Crippen molar-refractivity contribution in [1.29, 1.82) is 0 Å². The van der Waals surface area contributed by atoms with Crippen molar-refractivity contribution in [2.45, 2.75) is 116 Å². The zero-order chi connectivity index (χ0) is 36.7. The van der Waals surface area contributed by atoms with E-state index < -0.39 is 48.0 Å². The predicted octanol–water partition coefficient (Wildman–Crippen LogP) is 7.33. The maximum absolute atomic E-state index is 14.2. The molecule has 11 nitrogen and oxygen atoms in total. The van der Waals surface area contributed by atoms with E-state index in [1.54, 1.807) is 57.0 Å². The van der Waals surface area contributed by atoms with Gasteiger partial charge in [0.05, 0.1) is 12.6 Å². The molecule has 5 rings (SSSR count). The number of fused-ring (bicyclic) bond motifs is 1. The number of halogens is 2. The molecule has 13 heteroatoms. The number of carbonyl (C=O) groups is 4. The molecule has 3 amide bonds. The van der Waals surface area contributed by atoms with Crippen LogP contribution in [0, 0.1) is 23.7 Å². The van der Waals surface area contributed by atoms with Gasteiger partial charge in [-0.05, 0) is 94.9 Å². The average molecular weight is 718 g/mol. The van der Waals surface area contributed by atoms with Gasteiger partial charge < -0.3 is 34.2 Å². The molecule has 282 valence electrons. The Bertz CT molecular complexity index is 1510. The topological polar surface area (TPSA) is 136 Å². The zero-order valence-corrected chi connectivity index (χ0v) is 30.2. The number of rotatable bonds is 12. The molecule has 3 aliphatic rings. The molecule has 0 unspecified atom stereocenters. The van der Waals surface area contributed by atoms with Gasteiger partial charge in [0, 0.05) is 43.7 Å². The second-order valence-electron chi connectivity index (χ2n) is 15.3. The Hall–Kier alpha value is -3.74. The van der Waals surface area contributed by atoms with E-state index in [-0.39, 0.29) is 30.1 Å². The Morgan fingerprint density at radius 3 is 2.35 bits per heavy atom. The number of alkyl carbamates (subject to hydrolysis) is 1. The van der Waals surface area contributed by atoms with Gasteiger partial charge in [-0.15, -0.1) is 0 Å². The van der Waals surface area contributed by atoms with Gasteiger partial charge in [0.15, 0.2) is 0 Å². The molecular formula is C38H53F2N3O8. The summed E-state index contributed by atoms with van der Waals surface area (Å²) >= 11 is 0. The van der Waals surface area contributed by atoms with Crippen LogP contribution in [0.3, 0.4) is 0 Å². The summed E-state index contributed by atoms with van der Waals surface area (Å²) in [6.45, 7) is 6.16. The first kappa shape index (κ1) is 38.5. The Labute approximate surface area is 298 Å². The summed E-state index contributed by atoms with van der Waals surface area (Å²) in [5.41, 5.74) is 0.177. The fraction of sp³-hybridized carbons (Fsp3) is 0.684. The van der Waals surface area contributed by atoms with E-state index >= 15 is 0 Å². The van der Waals surface area contributed by atoms with Crippen molar-refractivity contribution < 1.29 is 46.6 Å². The monoisotopic (exact) mass is 717 g/mol. The van der Waals surface area contributed by atoms with Crippen LogP contribution in [-0.2, 0) is 23.8 Å². The molecule has 1 aliphatic heterocycles. The van der Waals surface area contributed by atoms with Crippen LogP contribution < -0.4 is 10.6 Å². The van der Waals surface area contributed by atoms with Gasteiger partial charge in [-0.1, -0.05) is 32.1 Å². The molecule has 2 N–H and O–H groups in total. The molecular weight excluding hydrogens is 664 g/mol. The van der Waals surface area contributed by atoms with E-state index in [1.807, 2.05) is 0 Å². The summed E-state index contributed by atoms with van der Waals surface area (Å²) in [6, 6.07) is 4.69. The molecule has 1 aromatic heterocycles. The summed E-state index contributed by atoms with van der Waals surface area (Å²) in [6.07, 6.45) is 4.56. The minimum atomic E-state index is -2.77. The third kappa shape index (κ3) is 9.99. The molecule has 2 heterocycles. The lowest BCUT2D eigenvalue weighted by molar-refractivity contribution is -0.142. The van der Waals surface area contributed by atoms with Gasteiger partial charge in [-0.25, -0.2) is 18.4 Å². The highest BCUT2D eigenvalue weighted by Gasteiger charge is 2.47. The van der Waals surface area contributed by atoms with Crippen molar-refractivity contribution >= 4 is 40.5 Å². The summed E-state index contributed by atoms with van der Waals surface area (Å²) in [4.78, 5) is 54.8. The number of hydrogen-bond donors (Lipinski definition) is 2. The van der Waals surface area contributed by atoms with Crippen molar-refractivity contribution in [2.24, 2.45) is 23.7 Å². The normalized spacial score (nSPS) is 23.6. The number of likely N-dealkylation sites (tertiary alicyclic amines) is 1. The first-order valence-corrected chi connectivity index (χ1v) is 18.4. The Morgan fingerprint density at radius 1 is 0.961 bits per heavy atom. The van der Waals surface area contributed by atoms with Crippen LogP contribution in [0.4, 0.5) is 19.3 Å². The summed E-state index contributed by atoms with van der Waals surface area (Å²) in [5, 5.41) is 6.04. The summed E-state index contributed by atoms with van der Waals surface area (Å²) in [5.74, 6) is -1.43. The number of carbonyl (C=O) groups excluding carboxylic acids is 4. The lowest BCUT2D eigenvalue weighted by atomic mass is 9.76. The molecule has 2 saturated carbocycles. The van der Waals surface area contributed by atoms with Crippen molar-refractivity contribution in [3.8, 4) is 0 Å². The Morgan fingerprint density at radius 2 is 1.69 bits per heavy atom. The maximum Gasteiger partial charge on any atom is 0.408 e. The van der Waals surface area contributed by atoms with Crippen molar-refractivity contribution in [2.75, 3.05) is 32.2 Å². The van der Waals surface area contributed by atoms with Crippen LogP contribution in [0.5, 0.6) is 0 Å². The largest absolute Gasteiger partial charge is 0.460 e. The van der Waals surface area contributed by atoms with Gasteiger partial charge in [-0.2, -0.15) is 0 Å². The first-order chi connectivity index (χ1) is 24.3. The van der Waals surface area contributed by atoms with Crippen LogP contribution in [0.25, 0.3) is 11.0 Å². The number of anilines is 1. The molecule has 3 fully saturated rings. The van der Waals surface area contributed by atoms with Crippen LogP contribution in [0.15, 0.2) is 28.7 Å². The molecule has 3 atom stereocenters. The first-order valence-electron chi connectivity index (χ1n) is 18.4. The van der Waals surface area contributed by atoms with E-state index in [0.717, 1.165) is 32.1 Å². The number of methoxy groups -OCH3 is 1. The number of furan rings is 1. The SMILES string of the molecule is COCCCOC(=O)c1cc2cc(NC(=O)[C@H]3[C@H](C4CCCCC4)CCN3C(=O)C3CCC([C@H](NC(=O)OC(C)(C)C)C(F)F)CC3)ccc2o1. The number of nitrogens with one attached hydrogen (secondary N) is 2. The lowest BCUT2D eigenvalue weighted by Crippen LogP contribution is -2.51. The molecule has 0 bridgehead atoms. The third-order valence-electron chi connectivity index (χ3n) is 10.5. The van der Waals surface area contributed by atoms with Gasteiger partial charge in [0.1, 0.15) is 17.2 Å². The van der Waals surface area contributed by atoms with Crippen LogP contribution >= 0.6 is 0 Å². The highest BCUT2D eigenvalue weighted by molar-refractivity contribution is 6.00. The zero-order valence-electron chi connectivity index (χ0n) is 30.2. The van der Waals surface area contributed by atoms with E-state index in [1.165, 1.54) is 6.42 Å². The second kappa shape index (κ2) is 17.2. The molecule has 1 aromatic carbocycles. The van der Waals surface area contributed by atoms with Crippen molar-refractivity contribution in [1.82, 2.24) is 10.2 Å². The highest BCUT2D eigenvalue weighted by Crippen LogP contribution is 2.42. The van der Waals surface area contributed by atoms with E-state index in [4.69, 9.17) is 18.6 Å². The van der Waals surface area contributed by atoms with Crippen molar-refractivity contribution in [3.05, 3.63) is 30.0 Å². The maximum atomic E-state index is 14.2. The third-order valence-corrected chi connectivity index (χ3v) is 10.5. The number of hydrogen-bond acceptors (Lipinski definition) is 8. The van der Waals surface area contributed by atoms with E-state index in [9.17, 15) is 28.0 Å². The van der Waals surface area contributed by atoms with Crippen LogP contribution in [-0.4, -0.2) is 79.8 Å². The fourth-order valence-corrected chi connectivity index (χ4v) is 8.12. The highest BCUT2D eigenvalue weighted by atomic mass is 19.3. The fourth-order valence-electron chi connectivity index (χ4n) is 8.12. The summed E-state index contributed by atoms with van der Waals surface area (Å²) in [7, 11) is 1.58. The molecule has 1 saturated heterocycles. The van der Waals surface area contributed by atoms with E-state index in [0.29, 0.717) is 67.8 Å². The smallest absolute Gasteiger partial charge is 0.408 e. The van der Waals surface area contributed by atoms with Gasteiger partial charge >= 0.3 is 12.1 Å². The van der Waals surface area contributed by atoms with Crippen LogP contribution in [0.1, 0.15) is 102 Å². The minimum Gasteiger partial charge on any atom is -0.460 e. The second-order valence-corrected chi connectivity index (χ2v) is 15.3. The summed E-state index contributed by atoms with van der Waals surface area (Å²) < 4.78 is 49.3. The molecule has 0 spiro atoms. The quantitative estimate of drug-likeness (QED) is 0.172. The van der Waals surface area contributed by atoms with Crippen LogP contribution in [0.2, 0.25) is 0 Å². The number of alkyl halides is 2.